The van der Waals surface area contributed by atoms with Crippen LogP contribution in [-0.4, -0.2) is 66.2 Å². The Morgan fingerprint density at radius 3 is 2.89 bits per heavy atom. The topological polar surface area (TPSA) is 91.1 Å². The van der Waals surface area contributed by atoms with Crippen molar-refractivity contribution < 1.29 is 19.1 Å². The maximum absolute atomic E-state index is 13.3. The molecule has 2 atom stereocenters. The SMILES string of the molecule is CCN(CCN1CCC(C2NOc3cc(F)ccc32)CC1)C(=O)C(O)CN. The van der Waals surface area contributed by atoms with Crippen LogP contribution >= 0.6 is 0 Å². The Labute approximate surface area is 159 Å². The predicted molar refractivity (Wildman–Crippen MR) is 99.4 cm³/mol. The molecular formula is C19H29FN4O3. The summed E-state index contributed by atoms with van der Waals surface area (Å²) in [4.78, 5) is 21.5. The summed E-state index contributed by atoms with van der Waals surface area (Å²) in [5, 5.41) is 9.65. The van der Waals surface area contributed by atoms with Gasteiger partial charge >= 0.3 is 0 Å². The van der Waals surface area contributed by atoms with E-state index < -0.39 is 6.10 Å². The first-order valence-electron chi connectivity index (χ1n) is 9.64. The maximum Gasteiger partial charge on any atom is 0.252 e. The van der Waals surface area contributed by atoms with Crippen LogP contribution < -0.4 is 16.1 Å². The van der Waals surface area contributed by atoms with E-state index in [9.17, 15) is 14.3 Å². The van der Waals surface area contributed by atoms with Crippen molar-refractivity contribution in [3.8, 4) is 5.75 Å². The van der Waals surface area contributed by atoms with Crippen molar-refractivity contribution in [3.63, 3.8) is 0 Å². The molecule has 150 valence electrons. The average Bonchev–Trinajstić information content (AvgIpc) is 3.11. The first-order chi connectivity index (χ1) is 13.0. The van der Waals surface area contributed by atoms with Crippen LogP contribution in [0.1, 0.15) is 31.4 Å². The number of hydrogen-bond acceptors (Lipinski definition) is 6. The van der Waals surface area contributed by atoms with E-state index in [1.54, 1.807) is 11.0 Å². The Morgan fingerprint density at radius 2 is 2.22 bits per heavy atom. The highest BCUT2D eigenvalue weighted by Crippen LogP contribution is 2.39. The number of hydroxylamine groups is 1. The van der Waals surface area contributed by atoms with Gasteiger partial charge in [0.05, 0.1) is 6.04 Å². The molecule has 1 amide bonds. The van der Waals surface area contributed by atoms with Crippen molar-refractivity contribution in [2.45, 2.75) is 31.9 Å². The van der Waals surface area contributed by atoms with Crippen LogP contribution in [0.5, 0.6) is 5.75 Å². The molecule has 4 N–H and O–H groups in total. The molecule has 2 heterocycles. The third kappa shape index (κ3) is 4.57. The normalized spacial score (nSPS) is 21.6. The molecule has 1 aromatic rings. The van der Waals surface area contributed by atoms with Gasteiger partial charge < -0.3 is 25.5 Å². The molecule has 2 aliphatic rings. The quantitative estimate of drug-likeness (QED) is 0.643. The molecule has 2 unspecified atom stereocenters. The van der Waals surface area contributed by atoms with Gasteiger partial charge in [-0.1, -0.05) is 6.07 Å². The number of likely N-dealkylation sites (N-methyl/N-ethyl adjacent to an activating group) is 1. The summed E-state index contributed by atoms with van der Waals surface area (Å²) in [6, 6.07) is 4.79. The summed E-state index contributed by atoms with van der Waals surface area (Å²) in [6.07, 6.45) is 0.890. The van der Waals surface area contributed by atoms with E-state index in [0.29, 0.717) is 24.8 Å². The zero-order chi connectivity index (χ0) is 19.4. The smallest absolute Gasteiger partial charge is 0.252 e. The van der Waals surface area contributed by atoms with Gasteiger partial charge in [-0.25, -0.2) is 4.39 Å². The summed E-state index contributed by atoms with van der Waals surface area (Å²) in [7, 11) is 0. The number of nitrogens with two attached hydrogens (primary N) is 1. The largest absolute Gasteiger partial charge is 0.408 e. The van der Waals surface area contributed by atoms with Crippen molar-refractivity contribution >= 4 is 5.91 Å². The fraction of sp³-hybridized carbons (Fsp3) is 0.632. The van der Waals surface area contributed by atoms with E-state index in [-0.39, 0.29) is 24.3 Å². The van der Waals surface area contributed by atoms with Crippen LogP contribution in [0, 0.1) is 11.7 Å². The number of fused-ring (bicyclic) bond motifs is 1. The van der Waals surface area contributed by atoms with Gasteiger partial charge in [-0.3, -0.25) is 4.79 Å². The fourth-order valence-corrected chi connectivity index (χ4v) is 3.90. The number of nitrogens with zero attached hydrogens (tertiary/aromatic N) is 2. The van der Waals surface area contributed by atoms with Crippen LogP contribution in [0.25, 0.3) is 0 Å². The number of rotatable bonds is 7. The number of benzene rings is 1. The van der Waals surface area contributed by atoms with E-state index in [2.05, 4.69) is 10.4 Å². The minimum Gasteiger partial charge on any atom is -0.408 e. The van der Waals surface area contributed by atoms with E-state index >= 15 is 0 Å². The molecule has 0 radical (unpaired) electrons. The molecule has 7 nitrogen and oxygen atoms in total. The second kappa shape index (κ2) is 8.97. The summed E-state index contributed by atoms with van der Waals surface area (Å²) in [5.74, 6) is 0.417. The van der Waals surface area contributed by atoms with Gasteiger partial charge in [-0.15, -0.1) is 5.48 Å². The van der Waals surface area contributed by atoms with Crippen LogP contribution in [-0.2, 0) is 4.79 Å². The highest BCUT2D eigenvalue weighted by molar-refractivity contribution is 5.80. The first kappa shape index (κ1) is 20.0. The Balaban J connectivity index is 1.48. The fourth-order valence-electron chi connectivity index (χ4n) is 3.90. The lowest BCUT2D eigenvalue weighted by Crippen LogP contribution is -2.47. The van der Waals surface area contributed by atoms with Crippen molar-refractivity contribution in [2.24, 2.45) is 11.7 Å². The molecule has 0 saturated carbocycles. The van der Waals surface area contributed by atoms with Crippen molar-refractivity contribution in [2.75, 3.05) is 39.3 Å². The van der Waals surface area contributed by atoms with Gasteiger partial charge in [0, 0.05) is 37.8 Å². The third-order valence-electron chi connectivity index (χ3n) is 5.60. The number of carbonyl (C=O) groups is 1. The molecule has 1 saturated heterocycles. The number of likely N-dealkylation sites (tertiary alicyclic amines) is 1. The first-order valence-corrected chi connectivity index (χ1v) is 9.64. The number of amides is 1. The average molecular weight is 380 g/mol. The van der Waals surface area contributed by atoms with Crippen LogP contribution in [0.2, 0.25) is 0 Å². The van der Waals surface area contributed by atoms with Gasteiger partial charge in [-0.05, 0) is 44.8 Å². The molecule has 0 aromatic heterocycles. The van der Waals surface area contributed by atoms with E-state index in [4.69, 9.17) is 10.6 Å². The molecule has 0 spiro atoms. The minimum absolute atomic E-state index is 0.0530. The Hall–Kier alpha value is -1.74. The monoisotopic (exact) mass is 380 g/mol. The molecule has 0 aliphatic carbocycles. The number of piperidine rings is 1. The molecule has 0 bridgehead atoms. The number of nitrogens with one attached hydrogen (secondary N) is 1. The molecule has 3 rings (SSSR count). The summed E-state index contributed by atoms with van der Waals surface area (Å²) >= 11 is 0. The van der Waals surface area contributed by atoms with E-state index in [0.717, 1.165) is 38.0 Å². The van der Waals surface area contributed by atoms with Gasteiger partial charge in [-0.2, -0.15) is 0 Å². The lowest BCUT2D eigenvalue weighted by molar-refractivity contribution is -0.139. The molecule has 2 aliphatic heterocycles. The second-order valence-corrected chi connectivity index (χ2v) is 7.23. The number of aliphatic hydroxyl groups is 1. The van der Waals surface area contributed by atoms with Crippen LogP contribution in [0.3, 0.4) is 0 Å². The zero-order valence-electron chi connectivity index (χ0n) is 15.7. The van der Waals surface area contributed by atoms with Crippen molar-refractivity contribution in [1.29, 1.82) is 0 Å². The Morgan fingerprint density at radius 1 is 1.48 bits per heavy atom. The van der Waals surface area contributed by atoms with Gasteiger partial charge in [0.1, 0.15) is 11.9 Å². The maximum atomic E-state index is 13.3. The number of carbonyl (C=O) groups excluding carboxylic acids is 1. The van der Waals surface area contributed by atoms with E-state index in [1.807, 2.05) is 6.92 Å². The number of hydrogen-bond donors (Lipinski definition) is 3. The van der Waals surface area contributed by atoms with Gasteiger partial charge in [0.2, 0.25) is 0 Å². The minimum atomic E-state index is -1.12. The molecule has 8 heteroatoms. The van der Waals surface area contributed by atoms with Gasteiger partial charge in [0.25, 0.3) is 5.91 Å². The molecule has 1 fully saturated rings. The summed E-state index contributed by atoms with van der Waals surface area (Å²) in [5.41, 5.74) is 9.45. The lowest BCUT2D eigenvalue weighted by Gasteiger charge is -2.35. The molecule has 27 heavy (non-hydrogen) atoms. The van der Waals surface area contributed by atoms with Gasteiger partial charge in [0.15, 0.2) is 5.75 Å². The zero-order valence-corrected chi connectivity index (χ0v) is 15.7. The summed E-state index contributed by atoms with van der Waals surface area (Å²) in [6.45, 7) is 5.64. The van der Waals surface area contributed by atoms with E-state index in [1.165, 1.54) is 12.1 Å². The highest BCUT2D eigenvalue weighted by atomic mass is 19.1. The number of halogens is 1. The van der Waals surface area contributed by atoms with Crippen LogP contribution in [0.4, 0.5) is 4.39 Å². The summed E-state index contributed by atoms with van der Waals surface area (Å²) < 4.78 is 13.3. The Bertz CT molecular complexity index is 652. The Kier molecular flexibility index (Phi) is 6.64. The predicted octanol–water partition coefficient (Wildman–Crippen LogP) is 0.644. The molecule has 1 aromatic carbocycles. The number of aliphatic hydroxyl groups excluding tert-OH is 1. The van der Waals surface area contributed by atoms with Crippen molar-refractivity contribution in [1.82, 2.24) is 15.3 Å². The lowest BCUT2D eigenvalue weighted by atomic mass is 9.86. The molecular weight excluding hydrogens is 351 g/mol. The standard InChI is InChI=1S/C19H29FN4O3/c1-2-24(19(26)16(25)12-21)10-9-23-7-5-13(6-8-23)18-15-4-3-14(20)11-17(15)27-22-18/h3-4,11,13,16,18,22,25H,2,5-10,12,21H2,1H3. The van der Waals surface area contributed by atoms with Crippen molar-refractivity contribution in [3.05, 3.63) is 29.6 Å². The highest BCUT2D eigenvalue weighted by Gasteiger charge is 2.34. The third-order valence-corrected chi connectivity index (χ3v) is 5.60. The van der Waals surface area contributed by atoms with Crippen LogP contribution in [0.15, 0.2) is 18.2 Å². The second-order valence-electron chi connectivity index (χ2n) is 7.23.